The number of benzene rings is 2. The molecule has 1 saturated heterocycles. The number of aryl methyl sites for hydroxylation is 1. The molecule has 0 aliphatic carbocycles. The molecule has 5 heteroatoms. The number of hydrogen-bond donors (Lipinski definition) is 2. The molecule has 0 bridgehead atoms. The minimum Gasteiger partial charge on any atom is -0.508 e. The van der Waals surface area contributed by atoms with Crippen LogP contribution in [0.2, 0.25) is 5.02 Å². The summed E-state index contributed by atoms with van der Waals surface area (Å²) in [6.45, 7) is 4.77. The number of aromatic nitrogens is 2. The molecule has 27 heavy (non-hydrogen) atoms. The van der Waals surface area contributed by atoms with Crippen molar-refractivity contribution in [2.45, 2.75) is 32.2 Å². The van der Waals surface area contributed by atoms with E-state index in [4.69, 9.17) is 11.6 Å². The lowest BCUT2D eigenvalue weighted by Crippen LogP contribution is -2.34. The van der Waals surface area contributed by atoms with Crippen LogP contribution in [0.15, 0.2) is 48.7 Å². The largest absolute Gasteiger partial charge is 0.508 e. The van der Waals surface area contributed by atoms with Crippen LogP contribution in [0.25, 0.3) is 11.1 Å². The van der Waals surface area contributed by atoms with Crippen LogP contribution in [0.1, 0.15) is 35.6 Å². The van der Waals surface area contributed by atoms with E-state index in [0.29, 0.717) is 23.2 Å². The summed E-state index contributed by atoms with van der Waals surface area (Å²) in [6.07, 6.45) is 4.19. The number of phenols is 1. The average Bonchev–Trinajstić information content (AvgIpc) is 3.15. The first-order valence-electron chi connectivity index (χ1n) is 9.40. The topological polar surface area (TPSA) is 52.2 Å². The second kappa shape index (κ2) is 7.75. The summed E-state index contributed by atoms with van der Waals surface area (Å²) in [6, 6.07) is 13.8. The molecule has 2 N–H and O–H groups in total. The Bertz CT molecular complexity index is 920. The van der Waals surface area contributed by atoms with E-state index < -0.39 is 0 Å². The van der Waals surface area contributed by atoms with Crippen molar-refractivity contribution in [2.75, 3.05) is 13.1 Å². The number of phenolic OH excluding ortho intramolecular Hbond substituents is 1. The summed E-state index contributed by atoms with van der Waals surface area (Å²) in [5.74, 6) is 0.710. The molecular weight excluding hydrogens is 358 g/mol. The Balaban J connectivity index is 1.53. The number of halogens is 1. The zero-order valence-electron chi connectivity index (χ0n) is 15.5. The second-order valence-electron chi connectivity index (χ2n) is 7.41. The highest BCUT2D eigenvalue weighted by molar-refractivity contribution is 6.30. The molecule has 4 rings (SSSR count). The normalized spacial score (nSPS) is 17.9. The van der Waals surface area contributed by atoms with E-state index in [9.17, 15) is 5.11 Å². The highest BCUT2D eigenvalue weighted by atomic mass is 35.5. The number of aromatic hydroxyl groups is 1. The zero-order valence-corrected chi connectivity index (χ0v) is 16.2. The van der Waals surface area contributed by atoms with Gasteiger partial charge in [-0.2, -0.15) is 5.10 Å². The molecule has 4 nitrogen and oxygen atoms in total. The first-order chi connectivity index (χ1) is 13.1. The molecule has 1 unspecified atom stereocenters. The molecule has 1 aliphatic heterocycles. The van der Waals surface area contributed by atoms with Crippen LogP contribution in [0.3, 0.4) is 0 Å². The van der Waals surface area contributed by atoms with Crippen molar-refractivity contribution in [3.63, 3.8) is 0 Å². The number of H-pyrrole nitrogens is 1. The smallest absolute Gasteiger partial charge is 0.120 e. The van der Waals surface area contributed by atoms with Crippen LogP contribution < -0.4 is 0 Å². The van der Waals surface area contributed by atoms with Gasteiger partial charge in [0, 0.05) is 40.9 Å². The number of aromatic amines is 1. The third-order valence-corrected chi connectivity index (χ3v) is 5.62. The maximum absolute atomic E-state index is 10.1. The Morgan fingerprint density at radius 1 is 1.22 bits per heavy atom. The Hall–Kier alpha value is -2.30. The van der Waals surface area contributed by atoms with Crippen LogP contribution in [0.4, 0.5) is 0 Å². The first kappa shape index (κ1) is 18.1. The van der Waals surface area contributed by atoms with E-state index >= 15 is 0 Å². The summed E-state index contributed by atoms with van der Waals surface area (Å²) in [7, 11) is 0. The summed E-state index contributed by atoms with van der Waals surface area (Å²) in [4.78, 5) is 2.39. The third-order valence-electron chi connectivity index (χ3n) is 5.38. The van der Waals surface area contributed by atoms with Gasteiger partial charge in [0.2, 0.25) is 0 Å². The van der Waals surface area contributed by atoms with Crippen LogP contribution in [-0.4, -0.2) is 33.3 Å². The van der Waals surface area contributed by atoms with E-state index in [1.165, 1.54) is 22.4 Å². The fourth-order valence-electron chi connectivity index (χ4n) is 3.93. The molecule has 2 heterocycles. The maximum Gasteiger partial charge on any atom is 0.120 e. The maximum atomic E-state index is 10.1. The highest BCUT2D eigenvalue weighted by Crippen LogP contribution is 2.34. The molecule has 1 aliphatic rings. The molecule has 2 aromatic carbocycles. The average molecular weight is 382 g/mol. The van der Waals surface area contributed by atoms with Gasteiger partial charge in [-0.25, -0.2) is 0 Å². The summed E-state index contributed by atoms with van der Waals surface area (Å²) in [5, 5.41) is 18.4. The lowest BCUT2D eigenvalue weighted by Gasteiger charge is -2.33. The number of nitrogens with zero attached hydrogens (tertiary/aromatic N) is 2. The van der Waals surface area contributed by atoms with E-state index in [2.05, 4.69) is 46.3 Å². The fourth-order valence-corrected chi connectivity index (χ4v) is 4.12. The van der Waals surface area contributed by atoms with Gasteiger partial charge < -0.3 is 5.11 Å². The number of rotatable bonds is 4. The van der Waals surface area contributed by atoms with Gasteiger partial charge in [-0.3, -0.25) is 10.00 Å². The van der Waals surface area contributed by atoms with Crippen molar-refractivity contribution < 1.29 is 5.11 Å². The minimum absolute atomic E-state index is 0.309. The van der Waals surface area contributed by atoms with Crippen molar-refractivity contribution in [1.29, 1.82) is 0 Å². The fraction of sp³-hybridized carbons (Fsp3) is 0.318. The van der Waals surface area contributed by atoms with Gasteiger partial charge in [-0.15, -0.1) is 0 Å². The van der Waals surface area contributed by atoms with Crippen molar-refractivity contribution in [2.24, 2.45) is 0 Å². The number of nitrogens with one attached hydrogen (secondary N) is 1. The van der Waals surface area contributed by atoms with Gasteiger partial charge >= 0.3 is 0 Å². The number of hydrogen-bond acceptors (Lipinski definition) is 3. The minimum atomic E-state index is 0.309. The molecule has 140 valence electrons. The molecule has 0 spiro atoms. The van der Waals surface area contributed by atoms with Gasteiger partial charge in [0.1, 0.15) is 5.75 Å². The molecule has 0 amide bonds. The van der Waals surface area contributed by atoms with Crippen molar-refractivity contribution in [3.8, 4) is 16.9 Å². The first-order valence-corrected chi connectivity index (χ1v) is 9.78. The quantitative estimate of drug-likeness (QED) is 0.659. The monoisotopic (exact) mass is 381 g/mol. The predicted molar refractivity (Wildman–Crippen MR) is 109 cm³/mol. The van der Waals surface area contributed by atoms with Gasteiger partial charge in [0.25, 0.3) is 0 Å². The molecule has 1 aromatic heterocycles. The van der Waals surface area contributed by atoms with E-state index in [0.717, 1.165) is 31.5 Å². The lowest BCUT2D eigenvalue weighted by atomic mass is 9.90. The van der Waals surface area contributed by atoms with Crippen LogP contribution in [0.5, 0.6) is 5.75 Å². The standard InChI is InChI=1S/C22H24ClN3O/c1-15-4-6-16(7-5-15)20-12-24-25-22(20)17-3-2-10-26(13-17)14-18-11-19(23)8-9-21(18)27/h4-9,11-12,17,27H,2-3,10,13-14H2,1H3,(H,24,25). The van der Waals surface area contributed by atoms with Gasteiger partial charge in [-0.05, 0) is 50.1 Å². The molecule has 0 radical (unpaired) electrons. The Kier molecular flexibility index (Phi) is 5.19. The second-order valence-corrected chi connectivity index (χ2v) is 7.85. The van der Waals surface area contributed by atoms with Crippen molar-refractivity contribution in [1.82, 2.24) is 15.1 Å². The molecule has 0 saturated carbocycles. The van der Waals surface area contributed by atoms with Crippen molar-refractivity contribution in [3.05, 3.63) is 70.5 Å². The predicted octanol–water partition coefficient (Wildman–Crippen LogP) is 5.12. The zero-order chi connectivity index (χ0) is 18.8. The Morgan fingerprint density at radius 3 is 2.85 bits per heavy atom. The molecule has 1 fully saturated rings. The van der Waals surface area contributed by atoms with E-state index in [1.807, 2.05) is 12.3 Å². The van der Waals surface area contributed by atoms with Gasteiger partial charge in [-0.1, -0.05) is 41.4 Å². The molecule has 1 atom stereocenters. The van der Waals surface area contributed by atoms with Gasteiger partial charge in [0.05, 0.1) is 6.20 Å². The van der Waals surface area contributed by atoms with E-state index in [-0.39, 0.29) is 0 Å². The Labute approximate surface area is 164 Å². The van der Waals surface area contributed by atoms with Crippen LogP contribution in [-0.2, 0) is 6.54 Å². The van der Waals surface area contributed by atoms with Crippen LogP contribution in [0, 0.1) is 6.92 Å². The molecule has 3 aromatic rings. The van der Waals surface area contributed by atoms with E-state index in [1.54, 1.807) is 12.1 Å². The highest BCUT2D eigenvalue weighted by Gasteiger charge is 2.25. The van der Waals surface area contributed by atoms with Gasteiger partial charge in [0.15, 0.2) is 0 Å². The lowest BCUT2D eigenvalue weighted by molar-refractivity contribution is 0.197. The molecular formula is C22H24ClN3O. The number of likely N-dealkylation sites (tertiary alicyclic amines) is 1. The Morgan fingerprint density at radius 2 is 2.04 bits per heavy atom. The summed E-state index contributed by atoms with van der Waals surface area (Å²) >= 11 is 6.10. The summed E-state index contributed by atoms with van der Waals surface area (Å²) < 4.78 is 0. The number of piperidine rings is 1. The van der Waals surface area contributed by atoms with Crippen molar-refractivity contribution >= 4 is 11.6 Å². The SMILES string of the molecule is Cc1ccc(-c2cn[nH]c2C2CCCN(Cc3cc(Cl)ccc3O)C2)cc1. The third kappa shape index (κ3) is 4.02. The summed E-state index contributed by atoms with van der Waals surface area (Å²) in [5.41, 5.74) is 5.74. The van der Waals surface area contributed by atoms with Crippen LogP contribution >= 0.6 is 11.6 Å².